The first-order chi connectivity index (χ1) is 12.5. The summed E-state index contributed by atoms with van der Waals surface area (Å²) in [4.78, 5) is 12.2. The number of benzene rings is 3. The Morgan fingerprint density at radius 3 is 2.65 bits per heavy atom. The van der Waals surface area contributed by atoms with Crippen LogP contribution in [0.25, 0.3) is 10.8 Å². The molecule has 0 spiro atoms. The van der Waals surface area contributed by atoms with E-state index in [2.05, 4.69) is 71.6 Å². The number of hydrogen-bond donors (Lipinski definition) is 2. The summed E-state index contributed by atoms with van der Waals surface area (Å²) >= 11 is 7.76. The minimum absolute atomic E-state index is 0.155. The first kappa shape index (κ1) is 19.6. The average Bonchev–Trinajstić information content (AvgIpc) is 2.62. The molecule has 26 heavy (non-hydrogen) atoms. The van der Waals surface area contributed by atoms with Crippen molar-refractivity contribution in [2.45, 2.75) is 6.42 Å². The van der Waals surface area contributed by atoms with Crippen LogP contribution in [-0.2, 0) is 11.2 Å². The van der Waals surface area contributed by atoms with Crippen LogP contribution in [0.2, 0.25) is 0 Å². The van der Waals surface area contributed by atoms with E-state index < -0.39 is 0 Å². The third-order valence-electron chi connectivity index (χ3n) is 3.76. The van der Waals surface area contributed by atoms with Crippen LogP contribution in [-0.4, -0.2) is 17.2 Å². The van der Waals surface area contributed by atoms with Gasteiger partial charge in [0.25, 0.3) is 0 Å². The van der Waals surface area contributed by atoms with Crippen LogP contribution in [0.3, 0.4) is 0 Å². The van der Waals surface area contributed by atoms with E-state index in [1.165, 1.54) is 6.21 Å². The highest BCUT2D eigenvalue weighted by molar-refractivity contribution is 14.1. The number of aromatic hydroxyl groups is 1. The van der Waals surface area contributed by atoms with Gasteiger partial charge in [0.2, 0.25) is 5.91 Å². The minimum Gasteiger partial charge on any atom is -0.506 e. The van der Waals surface area contributed by atoms with Crippen molar-refractivity contribution in [1.29, 1.82) is 0 Å². The molecule has 2 N–H and O–H groups in total. The van der Waals surface area contributed by atoms with Gasteiger partial charge in [0, 0.05) is 13.6 Å². The van der Waals surface area contributed by atoms with E-state index in [0.29, 0.717) is 5.56 Å². The molecule has 0 radical (unpaired) electrons. The smallest absolute Gasteiger partial charge is 0.244 e. The summed E-state index contributed by atoms with van der Waals surface area (Å²) in [6, 6.07) is 15.5. The molecule has 7 heteroatoms. The van der Waals surface area contributed by atoms with Crippen LogP contribution in [0.15, 0.2) is 58.1 Å². The molecule has 0 bridgehead atoms. The zero-order valence-electron chi connectivity index (χ0n) is 13.3. The molecule has 0 aliphatic rings. The number of phenolic OH excluding ortho intramolecular Hbond substituents is 1. The van der Waals surface area contributed by atoms with Crippen LogP contribution >= 0.6 is 61.1 Å². The van der Waals surface area contributed by atoms with Gasteiger partial charge in [0.05, 0.1) is 16.2 Å². The molecule has 0 aliphatic carbocycles. The summed E-state index contributed by atoms with van der Waals surface area (Å²) < 4.78 is 2.72. The number of fused-ring (bicyclic) bond motifs is 1. The van der Waals surface area contributed by atoms with Gasteiger partial charge in [-0.1, -0.05) is 46.3 Å². The highest BCUT2D eigenvalue weighted by Crippen LogP contribution is 2.27. The number of nitrogens with one attached hydrogen (secondary N) is 1. The summed E-state index contributed by atoms with van der Waals surface area (Å²) in [5.74, 6) is -0.0588. The van der Waals surface area contributed by atoms with Gasteiger partial charge >= 0.3 is 0 Å². The molecule has 132 valence electrons. The number of carbonyl (C=O) groups is 1. The van der Waals surface area contributed by atoms with Crippen molar-refractivity contribution in [3.8, 4) is 5.75 Å². The normalized spacial score (nSPS) is 11.2. The zero-order chi connectivity index (χ0) is 18.7. The molecule has 0 heterocycles. The Bertz CT molecular complexity index is 1020. The van der Waals surface area contributed by atoms with Crippen molar-refractivity contribution >= 4 is 84.0 Å². The maximum Gasteiger partial charge on any atom is 0.244 e. The van der Waals surface area contributed by atoms with E-state index in [-0.39, 0.29) is 18.1 Å². The van der Waals surface area contributed by atoms with Gasteiger partial charge in [-0.25, -0.2) is 5.43 Å². The van der Waals surface area contributed by atoms with Crippen molar-refractivity contribution < 1.29 is 9.90 Å². The van der Waals surface area contributed by atoms with Gasteiger partial charge in [0.15, 0.2) is 0 Å². The van der Waals surface area contributed by atoms with E-state index in [1.807, 2.05) is 42.5 Å². The Hall–Kier alpha value is -1.20. The average molecular weight is 635 g/mol. The molecule has 0 atom stereocenters. The maximum absolute atomic E-state index is 12.2. The van der Waals surface area contributed by atoms with Gasteiger partial charge in [0.1, 0.15) is 5.75 Å². The Morgan fingerprint density at radius 1 is 1.15 bits per heavy atom. The predicted molar refractivity (Wildman–Crippen MR) is 125 cm³/mol. The maximum atomic E-state index is 12.2. The number of rotatable bonds is 4. The topological polar surface area (TPSA) is 61.7 Å². The van der Waals surface area contributed by atoms with Crippen molar-refractivity contribution in [3.05, 3.63) is 71.3 Å². The van der Waals surface area contributed by atoms with Gasteiger partial charge in [-0.05, 0) is 79.7 Å². The lowest BCUT2D eigenvalue weighted by atomic mass is 10.0. The molecule has 3 aromatic carbocycles. The van der Waals surface area contributed by atoms with E-state index in [0.717, 1.165) is 27.9 Å². The number of halogens is 3. The Morgan fingerprint density at radius 2 is 1.88 bits per heavy atom. The Labute approximate surface area is 186 Å². The van der Waals surface area contributed by atoms with Crippen LogP contribution in [0.5, 0.6) is 5.75 Å². The third-order valence-corrected chi connectivity index (χ3v) is 5.90. The fourth-order valence-corrected chi connectivity index (χ4v) is 4.92. The molecule has 0 unspecified atom stereocenters. The SMILES string of the molecule is O=C(Cc1ccc(Br)c2ccccc12)N/N=C/c1cc(I)cc(I)c1O. The summed E-state index contributed by atoms with van der Waals surface area (Å²) in [5.41, 5.74) is 4.03. The lowest BCUT2D eigenvalue weighted by Crippen LogP contribution is -2.20. The monoisotopic (exact) mass is 634 g/mol. The highest BCUT2D eigenvalue weighted by Gasteiger charge is 2.09. The van der Waals surface area contributed by atoms with Gasteiger partial charge in [-0.2, -0.15) is 5.10 Å². The summed E-state index contributed by atoms with van der Waals surface area (Å²) in [6.07, 6.45) is 1.68. The second kappa shape index (κ2) is 8.66. The van der Waals surface area contributed by atoms with E-state index in [9.17, 15) is 9.90 Å². The van der Waals surface area contributed by atoms with E-state index >= 15 is 0 Å². The van der Waals surface area contributed by atoms with E-state index in [4.69, 9.17) is 0 Å². The molecule has 1 amide bonds. The minimum atomic E-state index is -0.214. The van der Waals surface area contributed by atoms with Gasteiger partial charge in [-0.3, -0.25) is 4.79 Å². The van der Waals surface area contributed by atoms with Crippen molar-refractivity contribution in [1.82, 2.24) is 5.43 Å². The fraction of sp³-hybridized carbons (Fsp3) is 0.0526. The van der Waals surface area contributed by atoms with Crippen molar-refractivity contribution in [2.75, 3.05) is 0 Å². The third kappa shape index (κ3) is 4.55. The number of carbonyl (C=O) groups excluding carboxylic acids is 1. The van der Waals surface area contributed by atoms with Crippen molar-refractivity contribution in [3.63, 3.8) is 0 Å². The largest absolute Gasteiger partial charge is 0.506 e. The molecule has 0 saturated heterocycles. The lowest BCUT2D eigenvalue weighted by Gasteiger charge is -2.07. The zero-order valence-corrected chi connectivity index (χ0v) is 19.2. The van der Waals surface area contributed by atoms with E-state index in [1.54, 1.807) is 6.07 Å². The van der Waals surface area contributed by atoms with Gasteiger partial charge in [-0.15, -0.1) is 0 Å². The molecule has 3 aromatic rings. The van der Waals surface area contributed by atoms with Crippen LogP contribution in [0.4, 0.5) is 0 Å². The highest BCUT2D eigenvalue weighted by atomic mass is 127. The Balaban J connectivity index is 1.74. The summed E-state index contributed by atoms with van der Waals surface area (Å²) in [7, 11) is 0. The van der Waals surface area contributed by atoms with Crippen LogP contribution in [0.1, 0.15) is 11.1 Å². The number of hydrogen-bond acceptors (Lipinski definition) is 3. The number of nitrogens with zero attached hydrogens (tertiary/aromatic N) is 1. The first-order valence-electron chi connectivity index (χ1n) is 7.61. The molecular weight excluding hydrogens is 622 g/mol. The lowest BCUT2D eigenvalue weighted by molar-refractivity contribution is -0.120. The second-order valence-corrected chi connectivity index (χ2v) is 8.81. The van der Waals surface area contributed by atoms with Crippen LogP contribution < -0.4 is 5.43 Å². The molecule has 0 aromatic heterocycles. The molecule has 3 rings (SSSR count). The number of hydrazone groups is 1. The second-order valence-electron chi connectivity index (χ2n) is 5.55. The molecular formula is C19H13BrI2N2O2. The summed E-state index contributed by atoms with van der Waals surface area (Å²) in [5, 5.41) is 16.1. The number of amides is 1. The molecule has 0 aliphatic heterocycles. The number of phenols is 1. The standard InChI is InChI=1S/C19H13BrI2N2O2/c20-16-6-5-11(14-3-1-2-4-15(14)16)8-18(25)24-23-10-12-7-13(21)9-17(22)19(12)26/h1-7,9-10,26H,8H2,(H,24,25)/b23-10+. The predicted octanol–water partition coefficient (Wildman–Crippen LogP) is 5.21. The first-order valence-corrected chi connectivity index (χ1v) is 10.6. The molecule has 4 nitrogen and oxygen atoms in total. The fourth-order valence-electron chi connectivity index (χ4n) is 2.55. The quantitative estimate of drug-likeness (QED) is 0.235. The molecule has 0 saturated carbocycles. The van der Waals surface area contributed by atoms with Crippen molar-refractivity contribution in [2.24, 2.45) is 5.10 Å². The Kier molecular flexibility index (Phi) is 6.51. The van der Waals surface area contributed by atoms with Crippen LogP contribution in [0, 0.1) is 7.14 Å². The summed E-state index contributed by atoms with van der Waals surface area (Å²) in [6.45, 7) is 0. The molecule has 0 fully saturated rings. The van der Waals surface area contributed by atoms with Gasteiger partial charge < -0.3 is 5.11 Å².